The molecule has 110 valence electrons. The third-order valence-electron chi connectivity index (χ3n) is 2.92. The van der Waals surface area contributed by atoms with Crippen molar-refractivity contribution in [3.63, 3.8) is 0 Å². The van der Waals surface area contributed by atoms with Crippen LogP contribution in [0.2, 0.25) is 0 Å². The molecule has 0 aliphatic heterocycles. The predicted molar refractivity (Wildman–Crippen MR) is 64.8 cm³/mol. The number of alkyl halides is 3. The molecule has 1 aliphatic rings. The summed E-state index contributed by atoms with van der Waals surface area (Å²) in [6, 6.07) is 0.421. The highest BCUT2D eigenvalue weighted by atomic mass is 19.4. The molecule has 1 heterocycles. The highest BCUT2D eigenvalue weighted by Crippen LogP contribution is 2.39. The van der Waals surface area contributed by atoms with Crippen molar-refractivity contribution in [2.45, 2.75) is 32.0 Å². The lowest BCUT2D eigenvalue weighted by atomic mass is 10.1. The van der Waals surface area contributed by atoms with Crippen molar-refractivity contribution in [1.29, 1.82) is 0 Å². The summed E-state index contributed by atoms with van der Waals surface area (Å²) in [6.07, 6.45) is -1.04. The van der Waals surface area contributed by atoms with E-state index in [1.807, 2.05) is 0 Å². The Labute approximate surface area is 114 Å². The lowest BCUT2D eigenvalue weighted by Crippen LogP contribution is -2.43. The smallest absolute Gasteiger partial charge is 0.329 e. The fourth-order valence-electron chi connectivity index (χ4n) is 1.81. The normalized spacial score (nSPS) is 16.6. The van der Waals surface area contributed by atoms with Crippen LogP contribution in [-0.4, -0.2) is 28.7 Å². The average Bonchev–Trinajstić information content (AvgIpc) is 3.17. The summed E-state index contributed by atoms with van der Waals surface area (Å²) in [5.74, 6) is 0.628. The number of carbonyl (C=O) groups excluding carboxylic acids is 1. The van der Waals surface area contributed by atoms with E-state index in [0.29, 0.717) is 5.82 Å². The highest BCUT2D eigenvalue weighted by Gasteiger charge is 2.36. The maximum Gasteiger partial charge on any atom is 0.405 e. The number of aromatic nitrogens is 2. The van der Waals surface area contributed by atoms with Crippen LogP contribution in [0.3, 0.4) is 0 Å². The summed E-state index contributed by atoms with van der Waals surface area (Å²) in [4.78, 5) is 19.8. The van der Waals surface area contributed by atoms with Crippen molar-refractivity contribution in [1.82, 2.24) is 20.6 Å². The first-order valence-corrected chi connectivity index (χ1v) is 6.26. The van der Waals surface area contributed by atoms with E-state index in [1.54, 1.807) is 24.5 Å². The minimum absolute atomic E-state index is 0.188. The minimum Gasteiger partial charge on any atom is -0.329 e. The standard InChI is InChI=1S/C12H15F3N4O/c1-7-4-5-16-10(18-7)9(8-2-3-8)19-11(20)17-6-12(13,14)15/h4-5,8-9H,2-3,6H2,1H3,(H2,17,19,20)/t9-/m0/s1. The van der Waals surface area contributed by atoms with Crippen LogP contribution >= 0.6 is 0 Å². The van der Waals surface area contributed by atoms with E-state index in [4.69, 9.17) is 0 Å². The molecular formula is C12H15F3N4O. The van der Waals surface area contributed by atoms with Crippen LogP contribution in [0.15, 0.2) is 12.3 Å². The van der Waals surface area contributed by atoms with Gasteiger partial charge in [-0.2, -0.15) is 13.2 Å². The molecule has 5 nitrogen and oxygen atoms in total. The quantitative estimate of drug-likeness (QED) is 0.891. The van der Waals surface area contributed by atoms with E-state index in [9.17, 15) is 18.0 Å². The van der Waals surface area contributed by atoms with Gasteiger partial charge in [0.15, 0.2) is 5.82 Å². The molecule has 1 fully saturated rings. The Kier molecular flexibility index (Phi) is 4.10. The molecule has 0 saturated heterocycles. The van der Waals surface area contributed by atoms with Crippen molar-refractivity contribution < 1.29 is 18.0 Å². The zero-order valence-corrected chi connectivity index (χ0v) is 10.9. The summed E-state index contributed by atoms with van der Waals surface area (Å²) in [5, 5.41) is 4.31. The van der Waals surface area contributed by atoms with Crippen LogP contribution in [0.1, 0.15) is 30.4 Å². The molecule has 1 aromatic rings. The number of halogens is 3. The van der Waals surface area contributed by atoms with Gasteiger partial charge in [0, 0.05) is 11.9 Å². The first kappa shape index (κ1) is 14.5. The monoisotopic (exact) mass is 288 g/mol. The van der Waals surface area contributed by atoms with Gasteiger partial charge in [0.25, 0.3) is 0 Å². The van der Waals surface area contributed by atoms with Gasteiger partial charge in [-0.3, -0.25) is 0 Å². The summed E-state index contributed by atoms with van der Waals surface area (Å²) in [6.45, 7) is 0.434. The molecule has 0 bridgehead atoms. The van der Waals surface area contributed by atoms with Crippen LogP contribution < -0.4 is 10.6 Å². The fraction of sp³-hybridized carbons (Fsp3) is 0.583. The van der Waals surface area contributed by atoms with E-state index in [-0.39, 0.29) is 5.92 Å². The first-order valence-electron chi connectivity index (χ1n) is 6.26. The second-order valence-electron chi connectivity index (χ2n) is 4.81. The molecule has 2 N–H and O–H groups in total. The summed E-state index contributed by atoms with van der Waals surface area (Å²) >= 11 is 0. The van der Waals surface area contributed by atoms with Gasteiger partial charge in [0.05, 0.1) is 6.04 Å². The largest absolute Gasteiger partial charge is 0.405 e. The number of aryl methyl sites for hydroxylation is 1. The molecule has 0 unspecified atom stereocenters. The number of carbonyl (C=O) groups is 1. The van der Waals surface area contributed by atoms with Crippen LogP contribution in [0.4, 0.5) is 18.0 Å². The first-order chi connectivity index (χ1) is 9.35. The van der Waals surface area contributed by atoms with Gasteiger partial charge in [-0.25, -0.2) is 14.8 Å². The van der Waals surface area contributed by atoms with Gasteiger partial charge in [-0.15, -0.1) is 0 Å². The summed E-state index contributed by atoms with van der Waals surface area (Å²) < 4.78 is 36.1. The van der Waals surface area contributed by atoms with Gasteiger partial charge in [0.1, 0.15) is 6.54 Å². The van der Waals surface area contributed by atoms with Gasteiger partial charge in [-0.05, 0) is 31.7 Å². The SMILES string of the molecule is Cc1ccnc([C@@H](NC(=O)NCC(F)(F)F)C2CC2)n1. The highest BCUT2D eigenvalue weighted by molar-refractivity contribution is 5.74. The Morgan fingerprint density at radius 1 is 1.50 bits per heavy atom. The number of hydrogen-bond acceptors (Lipinski definition) is 3. The lowest BCUT2D eigenvalue weighted by molar-refractivity contribution is -0.122. The molecule has 2 rings (SSSR count). The maximum atomic E-state index is 12.0. The summed E-state index contributed by atoms with van der Waals surface area (Å²) in [7, 11) is 0. The average molecular weight is 288 g/mol. The van der Waals surface area contributed by atoms with Crippen molar-refractivity contribution in [3.8, 4) is 0 Å². The van der Waals surface area contributed by atoms with Crippen LogP contribution in [0.25, 0.3) is 0 Å². The van der Waals surface area contributed by atoms with E-state index >= 15 is 0 Å². The number of hydrogen-bond donors (Lipinski definition) is 2. The van der Waals surface area contributed by atoms with E-state index in [0.717, 1.165) is 18.5 Å². The zero-order valence-electron chi connectivity index (χ0n) is 10.9. The molecular weight excluding hydrogens is 273 g/mol. The molecule has 1 aromatic heterocycles. The second-order valence-corrected chi connectivity index (χ2v) is 4.81. The second kappa shape index (κ2) is 5.64. The Balaban J connectivity index is 1.98. The minimum atomic E-state index is -4.42. The Morgan fingerprint density at radius 3 is 2.75 bits per heavy atom. The molecule has 8 heteroatoms. The van der Waals surface area contributed by atoms with Gasteiger partial charge in [0.2, 0.25) is 0 Å². The molecule has 1 aliphatic carbocycles. The van der Waals surface area contributed by atoms with Crippen LogP contribution in [-0.2, 0) is 0 Å². The van der Waals surface area contributed by atoms with Crippen molar-refractivity contribution in [3.05, 3.63) is 23.8 Å². The van der Waals surface area contributed by atoms with Crippen LogP contribution in [0.5, 0.6) is 0 Å². The maximum absolute atomic E-state index is 12.0. The molecule has 20 heavy (non-hydrogen) atoms. The molecule has 2 amide bonds. The molecule has 1 atom stereocenters. The Morgan fingerprint density at radius 2 is 2.20 bits per heavy atom. The molecule has 0 aromatic carbocycles. The van der Waals surface area contributed by atoms with Crippen molar-refractivity contribution >= 4 is 6.03 Å². The zero-order chi connectivity index (χ0) is 14.8. The number of nitrogens with zero attached hydrogens (tertiary/aromatic N) is 2. The van der Waals surface area contributed by atoms with Gasteiger partial charge >= 0.3 is 12.2 Å². The number of nitrogens with one attached hydrogen (secondary N) is 2. The van der Waals surface area contributed by atoms with E-state index in [1.165, 1.54) is 0 Å². The number of amides is 2. The lowest BCUT2D eigenvalue weighted by Gasteiger charge is -2.18. The van der Waals surface area contributed by atoms with Crippen molar-refractivity contribution in [2.24, 2.45) is 5.92 Å². The summed E-state index contributed by atoms with van der Waals surface area (Å²) in [5.41, 5.74) is 0.748. The van der Waals surface area contributed by atoms with E-state index in [2.05, 4.69) is 15.3 Å². The number of rotatable bonds is 4. The van der Waals surface area contributed by atoms with Crippen molar-refractivity contribution in [2.75, 3.05) is 6.54 Å². The Bertz CT molecular complexity index is 488. The molecule has 0 spiro atoms. The van der Waals surface area contributed by atoms with Crippen LogP contribution in [0, 0.1) is 12.8 Å². The fourth-order valence-corrected chi connectivity index (χ4v) is 1.81. The third-order valence-corrected chi connectivity index (χ3v) is 2.92. The third kappa shape index (κ3) is 4.36. The van der Waals surface area contributed by atoms with E-state index < -0.39 is 24.8 Å². The van der Waals surface area contributed by atoms with Gasteiger partial charge in [-0.1, -0.05) is 0 Å². The molecule has 1 saturated carbocycles. The van der Waals surface area contributed by atoms with Gasteiger partial charge < -0.3 is 10.6 Å². The predicted octanol–water partition coefficient (Wildman–Crippen LogP) is 2.10. The number of urea groups is 1. The molecule has 0 radical (unpaired) electrons. The topological polar surface area (TPSA) is 66.9 Å². The Hall–Kier alpha value is -1.86.